The van der Waals surface area contributed by atoms with Crippen molar-refractivity contribution in [1.82, 2.24) is 19.9 Å². The van der Waals surface area contributed by atoms with Gasteiger partial charge in [0.05, 0.1) is 6.20 Å². The van der Waals surface area contributed by atoms with Crippen LogP contribution in [-0.2, 0) is 4.57 Å². The fraction of sp³-hybridized carbons (Fsp3) is 0. The number of hydrogen-bond acceptors (Lipinski definition) is 5. The molecule has 2 rings (SSSR count). The molecule has 2 aromatic heterocycles. The van der Waals surface area contributed by atoms with Gasteiger partial charge in [0, 0.05) is 0 Å². The van der Waals surface area contributed by atoms with E-state index < -0.39 is 13.2 Å². The van der Waals surface area contributed by atoms with E-state index in [1.165, 1.54) is 6.20 Å². The van der Waals surface area contributed by atoms with Gasteiger partial charge in [-0.1, -0.05) is 0 Å². The Balaban J connectivity index is 2.69. The molecule has 0 spiro atoms. The standard InChI is InChI=1S/C5H6N5O3P/c6-4-7-1-2-3(9-4)10-5(8-2)14(11,12)13/h1H,(H2,11,12,13)(H3,6,7,8,9,10). The Morgan fingerprint density at radius 1 is 1.43 bits per heavy atom. The molecular formula is C5H6N5O3P. The van der Waals surface area contributed by atoms with Crippen LogP contribution in [0.15, 0.2) is 6.20 Å². The van der Waals surface area contributed by atoms with Crippen LogP contribution < -0.4 is 11.3 Å². The second-order valence-electron chi connectivity index (χ2n) is 2.57. The largest absolute Gasteiger partial charge is 0.391 e. The van der Waals surface area contributed by atoms with Crippen LogP contribution in [-0.4, -0.2) is 29.7 Å². The van der Waals surface area contributed by atoms with E-state index in [4.69, 9.17) is 15.5 Å². The Bertz CT molecular complexity index is 531. The monoisotopic (exact) mass is 215 g/mol. The van der Waals surface area contributed by atoms with Gasteiger partial charge in [-0.15, -0.1) is 0 Å². The number of H-pyrrole nitrogens is 1. The number of nitrogen functional groups attached to an aromatic ring is 1. The third-order valence-corrected chi connectivity index (χ3v) is 2.29. The van der Waals surface area contributed by atoms with Gasteiger partial charge < -0.3 is 20.5 Å². The van der Waals surface area contributed by atoms with Crippen molar-refractivity contribution in [1.29, 1.82) is 0 Å². The third kappa shape index (κ3) is 1.46. The van der Waals surface area contributed by atoms with E-state index in [2.05, 4.69) is 19.9 Å². The van der Waals surface area contributed by atoms with Crippen molar-refractivity contribution in [2.75, 3.05) is 5.73 Å². The summed E-state index contributed by atoms with van der Waals surface area (Å²) in [5.74, 6) is 0.00117. The smallest absolute Gasteiger partial charge is 0.368 e. The summed E-state index contributed by atoms with van der Waals surface area (Å²) in [6.45, 7) is 0. The van der Waals surface area contributed by atoms with Crippen molar-refractivity contribution in [2.45, 2.75) is 0 Å². The van der Waals surface area contributed by atoms with Crippen LogP contribution in [0.4, 0.5) is 5.95 Å². The van der Waals surface area contributed by atoms with Gasteiger partial charge in [-0.2, -0.15) is 4.98 Å². The molecule has 0 fully saturated rings. The zero-order chi connectivity index (χ0) is 10.3. The molecule has 0 unspecified atom stereocenters. The Kier molecular flexibility index (Phi) is 1.78. The molecule has 0 saturated heterocycles. The van der Waals surface area contributed by atoms with E-state index >= 15 is 0 Å². The highest BCUT2D eigenvalue weighted by molar-refractivity contribution is 7.59. The first-order chi connectivity index (χ1) is 6.47. The van der Waals surface area contributed by atoms with Gasteiger partial charge in [0.2, 0.25) is 11.5 Å². The van der Waals surface area contributed by atoms with Crippen LogP contribution >= 0.6 is 7.60 Å². The summed E-state index contributed by atoms with van der Waals surface area (Å²) in [5.41, 5.74) is 5.30. The number of imidazole rings is 1. The number of nitrogens with zero attached hydrogens (tertiary/aromatic N) is 3. The van der Waals surface area contributed by atoms with Crippen molar-refractivity contribution in [3.05, 3.63) is 6.20 Å². The summed E-state index contributed by atoms with van der Waals surface area (Å²) in [7, 11) is -4.38. The van der Waals surface area contributed by atoms with Crippen molar-refractivity contribution >= 4 is 30.3 Å². The fourth-order valence-electron chi connectivity index (χ4n) is 0.946. The second kappa shape index (κ2) is 2.74. The first-order valence-corrected chi connectivity index (χ1v) is 5.12. The lowest BCUT2D eigenvalue weighted by Gasteiger charge is -1.95. The number of anilines is 1. The number of fused-ring (bicyclic) bond motifs is 1. The zero-order valence-corrected chi connectivity index (χ0v) is 7.64. The van der Waals surface area contributed by atoms with E-state index in [0.717, 1.165) is 0 Å². The van der Waals surface area contributed by atoms with E-state index in [1.807, 2.05) is 0 Å². The van der Waals surface area contributed by atoms with Crippen molar-refractivity contribution in [2.24, 2.45) is 0 Å². The third-order valence-electron chi connectivity index (χ3n) is 1.52. The lowest BCUT2D eigenvalue weighted by molar-refractivity contribution is 0.385. The molecule has 8 nitrogen and oxygen atoms in total. The number of nitrogens with two attached hydrogens (primary N) is 1. The molecule has 0 radical (unpaired) electrons. The molecule has 0 saturated carbocycles. The van der Waals surface area contributed by atoms with Gasteiger partial charge in [-0.25, -0.2) is 9.97 Å². The molecule has 0 aliphatic heterocycles. The fourth-order valence-corrected chi connectivity index (χ4v) is 1.44. The highest BCUT2D eigenvalue weighted by Crippen LogP contribution is 2.31. The molecule has 0 aliphatic carbocycles. The molecule has 0 aromatic carbocycles. The normalized spacial score (nSPS) is 12.1. The lowest BCUT2D eigenvalue weighted by Crippen LogP contribution is -2.07. The van der Waals surface area contributed by atoms with Crippen LogP contribution in [0.3, 0.4) is 0 Å². The first kappa shape index (κ1) is 9.07. The average Bonchev–Trinajstić information content (AvgIpc) is 2.45. The minimum Gasteiger partial charge on any atom is -0.368 e. The molecule has 14 heavy (non-hydrogen) atoms. The minimum atomic E-state index is -4.38. The maximum absolute atomic E-state index is 10.8. The van der Waals surface area contributed by atoms with Gasteiger partial charge in [-0.3, -0.25) is 4.57 Å². The number of rotatable bonds is 1. The summed E-state index contributed by atoms with van der Waals surface area (Å²) in [6, 6.07) is 0. The summed E-state index contributed by atoms with van der Waals surface area (Å²) in [4.78, 5) is 30.9. The Morgan fingerprint density at radius 2 is 2.14 bits per heavy atom. The molecule has 0 amide bonds. The highest BCUT2D eigenvalue weighted by atomic mass is 31.2. The molecule has 2 aromatic rings. The van der Waals surface area contributed by atoms with Crippen molar-refractivity contribution < 1.29 is 14.4 Å². The predicted molar refractivity (Wildman–Crippen MR) is 47.8 cm³/mol. The van der Waals surface area contributed by atoms with E-state index in [9.17, 15) is 4.57 Å². The minimum absolute atomic E-state index is 0.00117. The molecule has 0 atom stereocenters. The number of aromatic nitrogens is 4. The Morgan fingerprint density at radius 3 is 2.79 bits per heavy atom. The van der Waals surface area contributed by atoms with E-state index in [-0.39, 0.29) is 11.6 Å². The van der Waals surface area contributed by atoms with Gasteiger partial charge in [0.1, 0.15) is 5.52 Å². The second-order valence-corrected chi connectivity index (χ2v) is 4.08. The van der Waals surface area contributed by atoms with Crippen LogP contribution in [0.2, 0.25) is 0 Å². The van der Waals surface area contributed by atoms with Crippen LogP contribution in [0.5, 0.6) is 0 Å². The van der Waals surface area contributed by atoms with Gasteiger partial charge >= 0.3 is 7.60 Å². The Labute approximate surface area is 77.4 Å². The van der Waals surface area contributed by atoms with Crippen molar-refractivity contribution in [3.8, 4) is 0 Å². The van der Waals surface area contributed by atoms with E-state index in [0.29, 0.717) is 5.52 Å². The molecule has 2 heterocycles. The summed E-state index contributed by atoms with van der Waals surface area (Å²) in [6.07, 6.45) is 1.31. The van der Waals surface area contributed by atoms with E-state index in [1.54, 1.807) is 0 Å². The topological polar surface area (TPSA) is 138 Å². The molecule has 74 valence electrons. The summed E-state index contributed by atoms with van der Waals surface area (Å²) >= 11 is 0. The quantitative estimate of drug-likeness (QED) is 0.435. The SMILES string of the molecule is Nc1ncc2[nH]c(P(=O)(O)O)nc2n1. The molecule has 0 aliphatic rings. The van der Waals surface area contributed by atoms with Crippen molar-refractivity contribution in [3.63, 3.8) is 0 Å². The highest BCUT2D eigenvalue weighted by Gasteiger charge is 2.22. The molecule has 9 heteroatoms. The number of hydrogen-bond donors (Lipinski definition) is 4. The number of aromatic amines is 1. The average molecular weight is 215 g/mol. The predicted octanol–water partition coefficient (Wildman–Crippen LogP) is -1.26. The molecule has 0 bridgehead atoms. The molecule has 5 N–H and O–H groups in total. The first-order valence-electron chi connectivity index (χ1n) is 3.51. The van der Waals surface area contributed by atoms with Gasteiger partial charge in [0.25, 0.3) is 0 Å². The summed E-state index contributed by atoms with van der Waals surface area (Å²) < 4.78 is 10.8. The maximum atomic E-state index is 10.8. The van der Waals surface area contributed by atoms with Crippen LogP contribution in [0.1, 0.15) is 0 Å². The molecular weight excluding hydrogens is 209 g/mol. The van der Waals surface area contributed by atoms with Gasteiger partial charge in [-0.05, 0) is 0 Å². The van der Waals surface area contributed by atoms with Gasteiger partial charge in [0.15, 0.2) is 5.65 Å². The zero-order valence-electron chi connectivity index (χ0n) is 6.75. The Hall–Kier alpha value is -1.50. The number of nitrogens with one attached hydrogen (secondary N) is 1. The summed E-state index contributed by atoms with van der Waals surface area (Å²) in [5, 5.41) is 0. The lowest BCUT2D eigenvalue weighted by atomic mass is 10.6. The maximum Gasteiger partial charge on any atom is 0.391 e. The van der Waals surface area contributed by atoms with Crippen LogP contribution in [0.25, 0.3) is 11.2 Å². The van der Waals surface area contributed by atoms with Crippen LogP contribution in [0, 0.1) is 0 Å².